The Morgan fingerprint density at radius 1 is 1.17 bits per heavy atom. The van der Waals surface area contributed by atoms with E-state index in [9.17, 15) is 13.2 Å². The number of anilines is 2. The number of hydrogen-bond acceptors (Lipinski definition) is 5. The quantitative estimate of drug-likeness (QED) is 0.864. The van der Waals surface area contributed by atoms with E-state index < -0.39 is 10.0 Å². The molecule has 0 fully saturated rings. The van der Waals surface area contributed by atoms with Gasteiger partial charge < -0.3 is 10.1 Å². The minimum atomic E-state index is -3.86. The molecule has 124 valence electrons. The summed E-state index contributed by atoms with van der Waals surface area (Å²) in [4.78, 5) is 11.2. The van der Waals surface area contributed by atoms with Crippen LogP contribution in [0.15, 0.2) is 47.4 Å². The molecule has 2 aromatic rings. The molecule has 8 heteroatoms. The number of methoxy groups -OCH3 is 1. The Labute approximate surface area is 139 Å². The lowest BCUT2D eigenvalue weighted by Gasteiger charge is -2.12. The summed E-state index contributed by atoms with van der Waals surface area (Å²) in [5.41, 5.74) is 1.01. The van der Waals surface area contributed by atoms with E-state index in [1.54, 1.807) is 0 Å². The minimum absolute atomic E-state index is 0.0311. The zero-order valence-corrected chi connectivity index (χ0v) is 13.8. The third kappa shape index (κ3) is 4.02. The van der Waals surface area contributed by atoms with Gasteiger partial charge in [0.25, 0.3) is 10.0 Å². The van der Waals surface area contributed by atoms with Crippen molar-refractivity contribution in [3.63, 3.8) is 0 Å². The lowest BCUT2D eigenvalue weighted by Crippen LogP contribution is -2.14. The standard InChI is InChI=1S/C16H15N3O4S/c1-11(20)18-15-9-14(7-8-16(15)23-2)24(21,22)19-13-5-3-12(10-17)4-6-13/h3-9,19H,1-2H3,(H,18,20). The lowest BCUT2D eigenvalue weighted by atomic mass is 10.2. The van der Waals surface area contributed by atoms with Gasteiger partial charge in [-0.3, -0.25) is 9.52 Å². The van der Waals surface area contributed by atoms with E-state index in [4.69, 9.17) is 10.00 Å². The SMILES string of the molecule is COc1ccc(S(=O)(=O)Nc2ccc(C#N)cc2)cc1NC(C)=O. The Balaban J connectivity index is 2.34. The average molecular weight is 345 g/mol. The van der Waals surface area contributed by atoms with Crippen molar-refractivity contribution >= 4 is 27.3 Å². The Hall–Kier alpha value is -3.05. The van der Waals surface area contributed by atoms with Crippen molar-refractivity contribution in [1.29, 1.82) is 5.26 Å². The molecule has 2 N–H and O–H groups in total. The Bertz CT molecular complexity index is 900. The third-order valence-electron chi connectivity index (χ3n) is 3.06. The van der Waals surface area contributed by atoms with Crippen molar-refractivity contribution in [2.45, 2.75) is 11.8 Å². The summed E-state index contributed by atoms with van der Waals surface area (Å²) in [5, 5.41) is 11.3. The van der Waals surface area contributed by atoms with Crippen LogP contribution in [0.2, 0.25) is 0 Å². The van der Waals surface area contributed by atoms with E-state index >= 15 is 0 Å². The predicted octanol–water partition coefficient (Wildman–Crippen LogP) is 2.33. The molecule has 0 atom stereocenters. The fourth-order valence-electron chi connectivity index (χ4n) is 1.97. The molecule has 0 aliphatic rings. The molecule has 0 unspecified atom stereocenters. The molecule has 0 heterocycles. The summed E-state index contributed by atoms with van der Waals surface area (Å²) in [5.74, 6) is 0.00502. The second-order valence-corrected chi connectivity index (χ2v) is 6.52. The first-order chi connectivity index (χ1) is 11.4. The number of amides is 1. The van der Waals surface area contributed by atoms with Gasteiger partial charge in [-0.25, -0.2) is 8.42 Å². The second-order valence-electron chi connectivity index (χ2n) is 4.84. The van der Waals surface area contributed by atoms with Crippen molar-refractivity contribution in [2.24, 2.45) is 0 Å². The first kappa shape index (κ1) is 17.3. The molecule has 1 amide bonds. The summed E-state index contributed by atoms with van der Waals surface area (Å²) in [6.45, 7) is 1.32. The number of hydrogen-bond donors (Lipinski definition) is 2. The Kier molecular flexibility index (Phi) is 5.06. The van der Waals surface area contributed by atoms with Crippen molar-refractivity contribution in [1.82, 2.24) is 0 Å². The van der Waals surface area contributed by atoms with Crippen molar-refractivity contribution < 1.29 is 17.9 Å². The number of nitrogens with zero attached hydrogens (tertiary/aromatic N) is 1. The van der Waals surface area contributed by atoms with Crippen LogP contribution in [0, 0.1) is 11.3 Å². The summed E-state index contributed by atoms with van der Waals surface area (Å²) >= 11 is 0. The van der Waals surface area contributed by atoms with Crippen LogP contribution in [0.3, 0.4) is 0 Å². The molecule has 0 bridgehead atoms. The van der Waals surface area contributed by atoms with Gasteiger partial charge in [0, 0.05) is 12.6 Å². The van der Waals surface area contributed by atoms with Gasteiger partial charge in [-0.05, 0) is 42.5 Å². The van der Waals surface area contributed by atoms with Gasteiger partial charge in [0.2, 0.25) is 5.91 Å². The maximum atomic E-state index is 12.5. The number of sulfonamides is 1. The minimum Gasteiger partial charge on any atom is -0.495 e. The van der Waals surface area contributed by atoms with Crippen LogP contribution in [-0.4, -0.2) is 21.4 Å². The summed E-state index contributed by atoms with van der Waals surface area (Å²) < 4.78 is 32.4. The summed E-state index contributed by atoms with van der Waals surface area (Å²) in [6.07, 6.45) is 0. The number of nitriles is 1. The largest absolute Gasteiger partial charge is 0.495 e. The van der Waals surface area contributed by atoms with Crippen LogP contribution >= 0.6 is 0 Å². The monoisotopic (exact) mass is 345 g/mol. The van der Waals surface area contributed by atoms with Gasteiger partial charge in [-0.2, -0.15) is 5.26 Å². The lowest BCUT2D eigenvalue weighted by molar-refractivity contribution is -0.114. The van der Waals surface area contributed by atoms with Crippen LogP contribution in [0.5, 0.6) is 5.75 Å². The Morgan fingerprint density at radius 2 is 1.83 bits per heavy atom. The zero-order chi connectivity index (χ0) is 17.7. The topological polar surface area (TPSA) is 108 Å². The number of carbonyl (C=O) groups excluding carboxylic acids is 1. The number of nitrogens with one attached hydrogen (secondary N) is 2. The molecule has 0 saturated heterocycles. The number of carbonyl (C=O) groups is 1. The van der Waals surface area contributed by atoms with E-state index in [-0.39, 0.29) is 16.5 Å². The van der Waals surface area contributed by atoms with Gasteiger partial charge >= 0.3 is 0 Å². The van der Waals surface area contributed by atoms with Crippen LogP contribution in [0.1, 0.15) is 12.5 Å². The number of ether oxygens (including phenoxy) is 1. The summed E-state index contributed by atoms with van der Waals surface area (Å²) in [7, 11) is -2.44. The van der Waals surface area contributed by atoms with Gasteiger partial charge in [-0.15, -0.1) is 0 Å². The maximum Gasteiger partial charge on any atom is 0.261 e. The fraction of sp³-hybridized carbons (Fsp3) is 0.125. The second kappa shape index (κ2) is 7.02. The fourth-order valence-corrected chi connectivity index (χ4v) is 3.05. The maximum absolute atomic E-state index is 12.5. The van der Waals surface area contributed by atoms with E-state index in [1.165, 1.54) is 56.5 Å². The summed E-state index contributed by atoms with van der Waals surface area (Å²) in [6, 6.07) is 12.1. The number of rotatable bonds is 5. The van der Waals surface area contributed by atoms with Crippen LogP contribution < -0.4 is 14.8 Å². The predicted molar refractivity (Wildman–Crippen MR) is 89.3 cm³/mol. The molecule has 0 radical (unpaired) electrons. The first-order valence-electron chi connectivity index (χ1n) is 6.84. The third-order valence-corrected chi connectivity index (χ3v) is 4.44. The van der Waals surface area contributed by atoms with Crippen LogP contribution in [-0.2, 0) is 14.8 Å². The normalized spacial score (nSPS) is 10.5. The zero-order valence-electron chi connectivity index (χ0n) is 13.0. The first-order valence-corrected chi connectivity index (χ1v) is 8.32. The molecule has 2 rings (SSSR count). The Morgan fingerprint density at radius 3 is 2.38 bits per heavy atom. The van der Waals surface area contributed by atoms with Crippen LogP contribution in [0.4, 0.5) is 11.4 Å². The highest BCUT2D eigenvalue weighted by Gasteiger charge is 2.17. The highest BCUT2D eigenvalue weighted by molar-refractivity contribution is 7.92. The van der Waals surface area contributed by atoms with E-state index in [0.29, 0.717) is 17.0 Å². The van der Waals surface area contributed by atoms with Gasteiger partial charge in [0.1, 0.15) is 5.75 Å². The molecule has 7 nitrogen and oxygen atoms in total. The molecule has 24 heavy (non-hydrogen) atoms. The van der Waals surface area contributed by atoms with E-state index in [2.05, 4.69) is 10.0 Å². The van der Waals surface area contributed by atoms with Gasteiger partial charge in [0.15, 0.2) is 0 Å². The van der Waals surface area contributed by atoms with Crippen molar-refractivity contribution in [3.05, 3.63) is 48.0 Å². The molecular weight excluding hydrogens is 330 g/mol. The molecule has 0 saturated carbocycles. The molecule has 0 spiro atoms. The van der Waals surface area contributed by atoms with Crippen LogP contribution in [0.25, 0.3) is 0 Å². The van der Waals surface area contributed by atoms with Crippen molar-refractivity contribution in [2.75, 3.05) is 17.1 Å². The molecule has 2 aromatic carbocycles. The number of benzene rings is 2. The van der Waals surface area contributed by atoms with Gasteiger partial charge in [-0.1, -0.05) is 0 Å². The molecule has 0 aromatic heterocycles. The average Bonchev–Trinajstić information content (AvgIpc) is 2.54. The van der Waals surface area contributed by atoms with Gasteiger partial charge in [0.05, 0.1) is 29.3 Å². The van der Waals surface area contributed by atoms with E-state index in [1.807, 2.05) is 6.07 Å². The van der Waals surface area contributed by atoms with E-state index in [0.717, 1.165) is 0 Å². The molecule has 0 aliphatic carbocycles. The smallest absolute Gasteiger partial charge is 0.261 e. The molecule has 0 aliphatic heterocycles. The highest BCUT2D eigenvalue weighted by atomic mass is 32.2. The highest BCUT2D eigenvalue weighted by Crippen LogP contribution is 2.28. The molecular formula is C16H15N3O4S. The van der Waals surface area contributed by atoms with Crippen molar-refractivity contribution in [3.8, 4) is 11.8 Å².